The lowest BCUT2D eigenvalue weighted by atomic mass is 10.1. The molecule has 0 atom stereocenters. The molecule has 3 heteroatoms. The summed E-state index contributed by atoms with van der Waals surface area (Å²) in [7, 11) is 2.12. The number of pyridine rings is 1. The number of rotatable bonds is 1. The zero-order valence-corrected chi connectivity index (χ0v) is 12.2. The summed E-state index contributed by atoms with van der Waals surface area (Å²) in [6, 6.07) is 15.4. The minimum absolute atomic E-state index is 0.821. The maximum atomic E-state index is 5.44. The van der Waals surface area contributed by atoms with Crippen LogP contribution in [0.1, 0.15) is 0 Å². The van der Waals surface area contributed by atoms with E-state index in [1.54, 1.807) is 0 Å². The van der Waals surface area contributed by atoms with Gasteiger partial charge < -0.3 is 9.64 Å². The van der Waals surface area contributed by atoms with Crippen LogP contribution in [0.15, 0.2) is 48.7 Å². The highest BCUT2D eigenvalue weighted by Gasteiger charge is 2.15. The molecule has 2 aromatic carbocycles. The number of hydrogen-bond acceptors (Lipinski definition) is 2. The van der Waals surface area contributed by atoms with Crippen molar-refractivity contribution in [2.24, 2.45) is 7.05 Å². The van der Waals surface area contributed by atoms with E-state index in [-0.39, 0.29) is 0 Å². The van der Waals surface area contributed by atoms with Crippen LogP contribution in [0.25, 0.3) is 21.7 Å². The van der Waals surface area contributed by atoms with Gasteiger partial charge in [-0.15, -0.1) is 0 Å². The van der Waals surface area contributed by atoms with Gasteiger partial charge in [0.1, 0.15) is 7.05 Å². The highest BCUT2D eigenvalue weighted by Crippen LogP contribution is 2.26. The Morgan fingerprint density at radius 1 is 1.00 bits per heavy atom. The Balaban J connectivity index is 1.91. The first-order chi connectivity index (χ1) is 10.3. The second-order valence-corrected chi connectivity index (χ2v) is 5.63. The molecular formula is C18H19N2O+. The van der Waals surface area contributed by atoms with Crippen molar-refractivity contribution in [3.05, 3.63) is 48.7 Å². The summed E-state index contributed by atoms with van der Waals surface area (Å²) in [5.41, 5.74) is 2.56. The molecule has 1 aliphatic rings. The number of fused-ring (bicyclic) bond motifs is 3. The van der Waals surface area contributed by atoms with Crippen molar-refractivity contribution in [1.82, 2.24) is 0 Å². The van der Waals surface area contributed by atoms with Gasteiger partial charge in [0.05, 0.1) is 18.6 Å². The van der Waals surface area contributed by atoms with Crippen LogP contribution in [-0.2, 0) is 11.8 Å². The summed E-state index contributed by atoms with van der Waals surface area (Å²) in [4.78, 5) is 2.40. The number of anilines is 1. The van der Waals surface area contributed by atoms with Crippen molar-refractivity contribution in [1.29, 1.82) is 0 Å². The molecule has 0 amide bonds. The second kappa shape index (κ2) is 5.01. The molecule has 0 unspecified atom stereocenters. The maximum Gasteiger partial charge on any atom is 0.214 e. The van der Waals surface area contributed by atoms with Crippen molar-refractivity contribution in [2.45, 2.75) is 0 Å². The molecular weight excluding hydrogens is 260 g/mol. The molecule has 0 spiro atoms. The predicted molar refractivity (Wildman–Crippen MR) is 85.7 cm³/mol. The summed E-state index contributed by atoms with van der Waals surface area (Å²) in [5, 5.41) is 3.92. The van der Waals surface area contributed by atoms with Gasteiger partial charge in [-0.05, 0) is 18.2 Å². The van der Waals surface area contributed by atoms with Gasteiger partial charge in [-0.1, -0.05) is 18.2 Å². The molecule has 1 saturated heterocycles. The van der Waals surface area contributed by atoms with Crippen LogP contribution >= 0.6 is 0 Å². The van der Waals surface area contributed by atoms with Crippen molar-refractivity contribution in [2.75, 3.05) is 31.2 Å². The first kappa shape index (κ1) is 12.6. The molecule has 106 valence electrons. The molecule has 3 aromatic rings. The van der Waals surface area contributed by atoms with E-state index in [4.69, 9.17) is 4.74 Å². The molecule has 0 saturated carbocycles. The van der Waals surface area contributed by atoms with Gasteiger partial charge in [-0.25, -0.2) is 4.57 Å². The smallest absolute Gasteiger partial charge is 0.214 e. The van der Waals surface area contributed by atoms with E-state index in [9.17, 15) is 0 Å². The largest absolute Gasteiger partial charge is 0.378 e. The average Bonchev–Trinajstić information content (AvgIpc) is 2.55. The Kier molecular flexibility index (Phi) is 3.00. The van der Waals surface area contributed by atoms with Crippen LogP contribution in [0.4, 0.5) is 5.69 Å². The number of aryl methyl sites for hydroxylation is 1. The molecule has 21 heavy (non-hydrogen) atoms. The fourth-order valence-electron chi connectivity index (χ4n) is 3.19. The highest BCUT2D eigenvalue weighted by molar-refractivity contribution is 6.04. The standard InChI is InChI=1S/C18H19N2O/c1-19-13-14-4-2-3-5-16(14)17-7-6-15(12-18(17)19)20-8-10-21-11-9-20/h2-7,12-13H,8-11H2,1H3/q+1. The number of morpholine rings is 1. The van der Waals surface area contributed by atoms with Crippen molar-refractivity contribution >= 4 is 27.4 Å². The van der Waals surface area contributed by atoms with E-state index in [1.165, 1.54) is 27.4 Å². The lowest BCUT2D eigenvalue weighted by Crippen LogP contribution is -2.36. The minimum atomic E-state index is 0.821. The van der Waals surface area contributed by atoms with Crippen LogP contribution in [0.5, 0.6) is 0 Å². The van der Waals surface area contributed by atoms with Crippen LogP contribution < -0.4 is 9.47 Å². The summed E-state index contributed by atoms with van der Waals surface area (Å²) in [6.07, 6.45) is 2.21. The molecule has 0 radical (unpaired) electrons. The molecule has 0 aliphatic carbocycles. The molecule has 0 N–H and O–H groups in total. The predicted octanol–water partition coefficient (Wildman–Crippen LogP) is 2.65. The Morgan fingerprint density at radius 2 is 1.81 bits per heavy atom. The SMILES string of the molecule is C[n+]1cc2ccccc2c2ccc(N3CCOCC3)cc21. The lowest BCUT2D eigenvalue weighted by Gasteiger charge is -2.28. The molecule has 0 bridgehead atoms. The molecule has 4 rings (SSSR count). The van der Waals surface area contributed by atoms with Gasteiger partial charge in [0.2, 0.25) is 5.52 Å². The summed E-state index contributed by atoms with van der Waals surface area (Å²) in [6.45, 7) is 3.59. The first-order valence-corrected chi connectivity index (χ1v) is 7.47. The van der Waals surface area contributed by atoms with Crippen molar-refractivity contribution in [3.8, 4) is 0 Å². The van der Waals surface area contributed by atoms with Gasteiger partial charge in [0.15, 0.2) is 6.20 Å². The number of aromatic nitrogens is 1. The third-order valence-corrected chi connectivity index (χ3v) is 4.32. The topological polar surface area (TPSA) is 16.4 Å². The fourth-order valence-corrected chi connectivity index (χ4v) is 3.19. The van der Waals surface area contributed by atoms with Crippen LogP contribution in [-0.4, -0.2) is 26.3 Å². The second-order valence-electron chi connectivity index (χ2n) is 5.63. The average molecular weight is 279 g/mol. The summed E-state index contributed by atoms with van der Waals surface area (Å²) in [5.74, 6) is 0. The fraction of sp³-hybridized carbons (Fsp3) is 0.278. The summed E-state index contributed by atoms with van der Waals surface area (Å²) >= 11 is 0. The highest BCUT2D eigenvalue weighted by atomic mass is 16.5. The third-order valence-electron chi connectivity index (χ3n) is 4.32. The molecule has 1 aliphatic heterocycles. The molecule has 1 aromatic heterocycles. The monoisotopic (exact) mass is 279 g/mol. The van der Waals surface area contributed by atoms with E-state index in [2.05, 4.69) is 65.2 Å². The van der Waals surface area contributed by atoms with Gasteiger partial charge in [-0.3, -0.25) is 0 Å². The first-order valence-electron chi connectivity index (χ1n) is 7.47. The van der Waals surface area contributed by atoms with E-state index >= 15 is 0 Å². The zero-order chi connectivity index (χ0) is 14.2. The maximum absolute atomic E-state index is 5.44. The Labute approximate surface area is 124 Å². The van der Waals surface area contributed by atoms with Crippen molar-refractivity contribution in [3.63, 3.8) is 0 Å². The zero-order valence-electron chi connectivity index (χ0n) is 12.2. The third kappa shape index (κ3) is 2.14. The lowest BCUT2D eigenvalue weighted by molar-refractivity contribution is -0.643. The molecule has 1 fully saturated rings. The number of nitrogens with zero attached hydrogens (tertiary/aromatic N) is 2. The van der Waals surface area contributed by atoms with E-state index in [0.29, 0.717) is 0 Å². The Hall–Kier alpha value is -2.13. The number of hydrogen-bond donors (Lipinski definition) is 0. The normalized spacial score (nSPS) is 15.8. The Bertz CT molecular complexity index is 807. The van der Waals surface area contributed by atoms with Crippen molar-refractivity contribution < 1.29 is 9.30 Å². The van der Waals surface area contributed by atoms with Crippen LogP contribution in [0, 0.1) is 0 Å². The van der Waals surface area contributed by atoms with Gasteiger partial charge in [0.25, 0.3) is 0 Å². The quantitative estimate of drug-likeness (QED) is 0.503. The molecule has 3 nitrogen and oxygen atoms in total. The van der Waals surface area contributed by atoms with E-state index in [1.807, 2.05) is 0 Å². The number of benzene rings is 2. The molecule has 2 heterocycles. The number of ether oxygens (including phenoxy) is 1. The van der Waals surface area contributed by atoms with E-state index in [0.717, 1.165) is 26.3 Å². The van der Waals surface area contributed by atoms with Gasteiger partial charge in [0, 0.05) is 35.6 Å². The van der Waals surface area contributed by atoms with Gasteiger partial charge >= 0.3 is 0 Å². The minimum Gasteiger partial charge on any atom is -0.378 e. The van der Waals surface area contributed by atoms with E-state index < -0.39 is 0 Å². The summed E-state index contributed by atoms with van der Waals surface area (Å²) < 4.78 is 7.67. The Morgan fingerprint density at radius 3 is 2.67 bits per heavy atom. The van der Waals surface area contributed by atoms with Crippen LogP contribution in [0.2, 0.25) is 0 Å². The van der Waals surface area contributed by atoms with Gasteiger partial charge in [-0.2, -0.15) is 0 Å². The van der Waals surface area contributed by atoms with Crippen LogP contribution in [0.3, 0.4) is 0 Å².